The molecule has 1 aliphatic rings. The van der Waals surface area contributed by atoms with Gasteiger partial charge in [-0.25, -0.2) is 0 Å². The molecule has 0 fully saturated rings. The number of hydrogen-bond acceptors (Lipinski definition) is 3. The minimum atomic E-state index is 0.0217. The minimum Gasteiger partial charge on any atom is -0.346 e. The fourth-order valence-corrected chi connectivity index (χ4v) is 3.82. The van der Waals surface area contributed by atoms with E-state index in [1.165, 1.54) is 16.7 Å². The van der Waals surface area contributed by atoms with Crippen LogP contribution in [0.15, 0.2) is 42.5 Å². The van der Waals surface area contributed by atoms with Crippen LogP contribution in [0.25, 0.3) is 0 Å². The van der Waals surface area contributed by atoms with Gasteiger partial charge in [0.25, 0.3) is 0 Å². The Morgan fingerprint density at radius 3 is 2.48 bits per heavy atom. The largest absolute Gasteiger partial charge is 0.346 e. The molecule has 154 valence electrons. The van der Waals surface area contributed by atoms with Crippen LogP contribution in [0.3, 0.4) is 0 Å². The molecule has 2 aromatic carbocycles. The molecular weight excluding hydrogens is 384 g/mol. The lowest BCUT2D eigenvalue weighted by atomic mass is 9.97. The number of carbonyl (C=O) groups excluding carboxylic acids is 2. The first-order valence-corrected chi connectivity index (χ1v) is 10.7. The van der Waals surface area contributed by atoms with Gasteiger partial charge in [0, 0.05) is 37.0 Å². The highest BCUT2D eigenvalue weighted by Gasteiger charge is 2.15. The Morgan fingerprint density at radius 1 is 1.00 bits per heavy atom. The molecule has 3 rings (SSSR count). The van der Waals surface area contributed by atoms with Crippen LogP contribution in [0.5, 0.6) is 0 Å². The maximum atomic E-state index is 12.6. The van der Waals surface area contributed by atoms with Gasteiger partial charge in [0.05, 0.1) is 0 Å². The van der Waals surface area contributed by atoms with Gasteiger partial charge in [-0.15, -0.1) is 0 Å². The third-order valence-electron chi connectivity index (χ3n) is 5.53. The topological polar surface area (TPSA) is 49.4 Å². The normalized spacial score (nSPS) is 13.4. The summed E-state index contributed by atoms with van der Waals surface area (Å²) in [5.74, 6) is 0.0707. The third-order valence-corrected chi connectivity index (χ3v) is 5.79. The van der Waals surface area contributed by atoms with Crippen LogP contribution < -0.4 is 5.32 Å². The fraction of sp³-hybridized carbons (Fsp3) is 0.417. The van der Waals surface area contributed by atoms with Crippen LogP contribution in [0.1, 0.15) is 46.3 Å². The summed E-state index contributed by atoms with van der Waals surface area (Å²) in [4.78, 5) is 26.7. The summed E-state index contributed by atoms with van der Waals surface area (Å²) in [6.45, 7) is 2.62. The number of nitrogens with zero attached hydrogens (tertiary/aromatic N) is 1. The van der Waals surface area contributed by atoms with Crippen LogP contribution >= 0.6 is 11.6 Å². The van der Waals surface area contributed by atoms with Crippen molar-refractivity contribution in [3.8, 4) is 0 Å². The van der Waals surface area contributed by atoms with E-state index in [1.807, 2.05) is 43.4 Å². The summed E-state index contributed by atoms with van der Waals surface area (Å²) in [7, 11) is 1.81. The van der Waals surface area contributed by atoms with Gasteiger partial charge in [-0.05, 0) is 73.7 Å². The van der Waals surface area contributed by atoms with Crippen molar-refractivity contribution < 1.29 is 9.59 Å². The lowest BCUT2D eigenvalue weighted by Crippen LogP contribution is -2.28. The molecule has 2 aromatic rings. The Kier molecular flexibility index (Phi) is 7.84. The number of halogens is 1. The maximum absolute atomic E-state index is 12.6. The molecule has 0 aromatic heterocycles. The molecule has 0 aliphatic carbocycles. The molecule has 0 spiro atoms. The molecule has 0 saturated carbocycles. The predicted octanol–water partition coefficient (Wildman–Crippen LogP) is 4.08. The molecule has 1 amide bonds. The molecule has 0 saturated heterocycles. The van der Waals surface area contributed by atoms with E-state index in [1.54, 1.807) is 4.90 Å². The number of nitrogens with one attached hydrogen (secondary N) is 1. The highest BCUT2D eigenvalue weighted by Crippen LogP contribution is 2.17. The lowest BCUT2D eigenvalue weighted by Gasteiger charge is -2.17. The second-order valence-electron chi connectivity index (χ2n) is 7.70. The second-order valence-corrected chi connectivity index (χ2v) is 8.14. The summed E-state index contributed by atoms with van der Waals surface area (Å²) in [6.07, 6.45) is 4.26. The van der Waals surface area contributed by atoms with Crippen molar-refractivity contribution in [2.45, 2.75) is 38.5 Å². The average molecular weight is 413 g/mol. The number of Topliss-reactive ketones (excluding diaryl/α,β-unsaturated/α-hetero) is 1. The van der Waals surface area contributed by atoms with E-state index in [0.29, 0.717) is 6.54 Å². The van der Waals surface area contributed by atoms with E-state index >= 15 is 0 Å². The van der Waals surface area contributed by atoms with Crippen LogP contribution in [0.4, 0.5) is 0 Å². The standard InChI is InChI=1S/C24H29ClN2O2/c1-27(16-2-3-18-4-8-22(25)9-5-18)24(29)11-10-23(28)21-7-6-19-12-14-26-15-13-20(19)17-21/h4-9,17,26H,2-3,10-16H2,1H3. The zero-order valence-electron chi connectivity index (χ0n) is 17.0. The Hall–Kier alpha value is -2.17. The van der Waals surface area contributed by atoms with Crippen LogP contribution in [0.2, 0.25) is 5.02 Å². The average Bonchev–Trinajstić information content (AvgIpc) is 2.97. The number of ketones is 1. The molecule has 0 bridgehead atoms. The summed E-state index contributed by atoms with van der Waals surface area (Å²) in [5.41, 5.74) is 4.52. The first kappa shape index (κ1) is 21.5. The molecule has 0 radical (unpaired) electrons. The van der Waals surface area contributed by atoms with E-state index in [4.69, 9.17) is 11.6 Å². The molecule has 29 heavy (non-hydrogen) atoms. The van der Waals surface area contributed by atoms with Crippen molar-refractivity contribution in [1.82, 2.24) is 10.2 Å². The zero-order valence-corrected chi connectivity index (χ0v) is 17.8. The number of fused-ring (bicyclic) bond motifs is 1. The maximum Gasteiger partial charge on any atom is 0.222 e. The first-order chi connectivity index (χ1) is 14.0. The van der Waals surface area contributed by atoms with Gasteiger partial charge < -0.3 is 10.2 Å². The van der Waals surface area contributed by atoms with Gasteiger partial charge in [-0.1, -0.05) is 35.9 Å². The molecule has 1 N–H and O–H groups in total. The van der Waals surface area contributed by atoms with Crippen LogP contribution in [0, 0.1) is 0 Å². The number of rotatable bonds is 8. The third kappa shape index (κ3) is 6.41. The number of hydrogen-bond donors (Lipinski definition) is 1. The number of amides is 1. The van der Waals surface area contributed by atoms with Gasteiger partial charge in [0.15, 0.2) is 5.78 Å². The van der Waals surface area contributed by atoms with E-state index < -0.39 is 0 Å². The predicted molar refractivity (Wildman–Crippen MR) is 118 cm³/mol. The smallest absolute Gasteiger partial charge is 0.222 e. The summed E-state index contributed by atoms with van der Waals surface area (Å²) in [6, 6.07) is 13.8. The Balaban J connectivity index is 1.43. The SMILES string of the molecule is CN(CCCc1ccc(Cl)cc1)C(=O)CCC(=O)c1ccc2c(c1)CCNCC2. The molecule has 5 heteroatoms. The van der Waals surface area contributed by atoms with E-state index in [2.05, 4.69) is 11.4 Å². The quantitative estimate of drug-likeness (QED) is 0.664. The van der Waals surface area contributed by atoms with Crippen LogP contribution in [-0.4, -0.2) is 43.3 Å². The highest BCUT2D eigenvalue weighted by molar-refractivity contribution is 6.30. The van der Waals surface area contributed by atoms with E-state index in [9.17, 15) is 9.59 Å². The highest BCUT2D eigenvalue weighted by atomic mass is 35.5. The van der Waals surface area contributed by atoms with Crippen molar-refractivity contribution in [2.24, 2.45) is 0 Å². The van der Waals surface area contributed by atoms with E-state index in [-0.39, 0.29) is 24.5 Å². The lowest BCUT2D eigenvalue weighted by molar-refractivity contribution is -0.129. The Bertz CT molecular complexity index is 848. The first-order valence-electron chi connectivity index (χ1n) is 10.4. The summed E-state index contributed by atoms with van der Waals surface area (Å²) < 4.78 is 0. The minimum absolute atomic E-state index is 0.0217. The number of carbonyl (C=O) groups is 2. The van der Waals surface area contributed by atoms with Gasteiger partial charge in [0.1, 0.15) is 0 Å². The van der Waals surface area contributed by atoms with Gasteiger partial charge in [-0.3, -0.25) is 9.59 Å². The molecule has 0 unspecified atom stereocenters. The van der Waals surface area contributed by atoms with Gasteiger partial charge in [-0.2, -0.15) is 0 Å². The molecule has 4 nitrogen and oxygen atoms in total. The van der Waals surface area contributed by atoms with E-state index in [0.717, 1.165) is 49.4 Å². The second kappa shape index (κ2) is 10.6. The van der Waals surface area contributed by atoms with Crippen molar-refractivity contribution >= 4 is 23.3 Å². The number of aryl methyl sites for hydroxylation is 1. The monoisotopic (exact) mass is 412 g/mol. The van der Waals surface area contributed by atoms with Crippen molar-refractivity contribution in [2.75, 3.05) is 26.7 Å². The van der Waals surface area contributed by atoms with Crippen molar-refractivity contribution in [3.63, 3.8) is 0 Å². The molecule has 1 aliphatic heterocycles. The summed E-state index contributed by atoms with van der Waals surface area (Å²) >= 11 is 5.90. The zero-order chi connectivity index (χ0) is 20.6. The van der Waals surface area contributed by atoms with Crippen LogP contribution in [-0.2, 0) is 24.1 Å². The van der Waals surface area contributed by atoms with Crippen molar-refractivity contribution in [3.05, 3.63) is 69.7 Å². The van der Waals surface area contributed by atoms with Gasteiger partial charge in [0.2, 0.25) is 5.91 Å². The molecule has 0 atom stereocenters. The molecular formula is C24H29ClN2O2. The molecule has 1 heterocycles. The Morgan fingerprint density at radius 2 is 1.72 bits per heavy atom. The summed E-state index contributed by atoms with van der Waals surface area (Å²) in [5, 5.41) is 4.12. The number of benzene rings is 2. The van der Waals surface area contributed by atoms with Gasteiger partial charge >= 0.3 is 0 Å². The van der Waals surface area contributed by atoms with Crippen molar-refractivity contribution in [1.29, 1.82) is 0 Å². The Labute approximate surface area is 178 Å². The fourth-order valence-electron chi connectivity index (χ4n) is 3.70.